The van der Waals surface area contributed by atoms with Crippen LogP contribution in [0.1, 0.15) is 11.3 Å². The molecule has 1 aromatic heterocycles. The van der Waals surface area contributed by atoms with Crippen molar-refractivity contribution in [1.29, 1.82) is 0 Å². The number of alkyl halides is 3. The molecule has 3 N–H and O–H groups in total. The second-order valence-corrected chi connectivity index (χ2v) is 4.15. The number of para-hydroxylation sites is 1. The number of halogens is 4. The molecule has 0 aliphatic rings. The van der Waals surface area contributed by atoms with E-state index in [0.717, 1.165) is 0 Å². The van der Waals surface area contributed by atoms with Crippen molar-refractivity contribution in [3.8, 4) is 0 Å². The van der Waals surface area contributed by atoms with Gasteiger partial charge in [-0.25, -0.2) is 4.98 Å². The van der Waals surface area contributed by atoms with Gasteiger partial charge in [0, 0.05) is 10.9 Å². The topological polar surface area (TPSA) is 50.9 Å². The molecule has 3 nitrogen and oxygen atoms in total. The molecule has 0 fully saturated rings. The number of nitrogens with one attached hydrogen (secondary N) is 1. The molecule has 0 amide bonds. The molecule has 1 heterocycles. The second-order valence-electron chi connectivity index (χ2n) is 3.74. The molecule has 0 aliphatic carbocycles. The van der Waals surface area contributed by atoms with Crippen LogP contribution < -0.4 is 11.3 Å². The van der Waals surface area contributed by atoms with Crippen LogP contribution in [-0.2, 0) is 6.18 Å². The Morgan fingerprint density at radius 2 is 2.00 bits per heavy atom. The molecule has 0 radical (unpaired) electrons. The van der Waals surface area contributed by atoms with Crippen molar-refractivity contribution in [3.63, 3.8) is 0 Å². The third-order valence-electron chi connectivity index (χ3n) is 2.62. The van der Waals surface area contributed by atoms with Gasteiger partial charge in [0.05, 0.1) is 16.2 Å². The summed E-state index contributed by atoms with van der Waals surface area (Å²) in [7, 11) is 0. The first-order valence-corrected chi connectivity index (χ1v) is 5.36. The number of nitrogens with zero attached hydrogens (tertiary/aromatic N) is 1. The standard InChI is InChI=1S/C11H9ClF3N3/c1-5-8(18-16)6-3-2-4-7(12)9(6)17-10(5)11(13,14)15/h2-4H,16H2,1H3,(H,17,18). The Morgan fingerprint density at radius 1 is 1.33 bits per heavy atom. The van der Waals surface area contributed by atoms with Gasteiger partial charge in [-0.3, -0.25) is 5.84 Å². The van der Waals surface area contributed by atoms with Gasteiger partial charge in [-0.05, 0) is 13.0 Å². The number of aromatic nitrogens is 1. The molecule has 0 saturated carbocycles. The van der Waals surface area contributed by atoms with E-state index in [1.165, 1.54) is 13.0 Å². The number of benzene rings is 1. The maximum absolute atomic E-state index is 12.9. The highest BCUT2D eigenvalue weighted by atomic mass is 35.5. The summed E-state index contributed by atoms with van der Waals surface area (Å²) < 4.78 is 38.6. The lowest BCUT2D eigenvalue weighted by Gasteiger charge is -2.16. The fourth-order valence-corrected chi connectivity index (χ4v) is 2.03. The quantitative estimate of drug-likeness (QED) is 0.619. The van der Waals surface area contributed by atoms with Crippen LogP contribution in [0.5, 0.6) is 0 Å². The first-order valence-electron chi connectivity index (χ1n) is 4.99. The summed E-state index contributed by atoms with van der Waals surface area (Å²) in [6, 6.07) is 4.71. The maximum atomic E-state index is 12.9. The van der Waals surface area contributed by atoms with E-state index >= 15 is 0 Å². The average Bonchev–Trinajstić information content (AvgIpc) is 2.27. The second kappa shape index (κ2) is 4.29. The van der Waals surface area contributed by atoms with E-state index in [1.807, 2.05) is 0 Å². The molecule has 1 aromatic carbocycles. The Hall–Kier alpha value is -1.53. The fourth-order valence-electron chi connectivity index (χ4n) is 1.81. The number of rotatable bonds is 1. The van der Waals surface area contributed by atoms with Gasteiger partial charge in [0.2, 0.25) is 0 Å². The molecule has 7 heteroatoms. The Morgan fingerprint density at radius 3 is 2.56 bits per heavy atom. The largest absolute Gasteiger partial charge is 0.433 e. The van der Waals surface area contributed by atoms with Gasteiger partial charge in [0.1, 0.15) is 5.69 Å². The van der Waals surface area contributed by atoms with Crippen molar-refractivity contribution in [3.05, 3.63) is 34.5 Å². The number of anilines is 1. The fraction of sp³-hybridized carbons (Fsp3) is 0.182. The van der Waals surface area contributed by atoms with Gasteiger partial charge in [-0.2, -0.15) is 13.2 Å². The summed E-state index contributed by atoms with van der Waals surface area (Å²) in [5.74, 6) is 5.29. The lowest BCUT2D eigenvalue weighted by Crippen LogP contribution is -2.16. The maximum Gasteiger partial charge on any atom is 0.433 e. The third kappa shape index (κ3) is 1.97. The molecule has 0 saturated heterocycles. The molecule has 0 aliphatic heterocycles. The van der Waals surface area contributed by atoms with Gasteiger partial charge in [-0.15, -0.1) is 0 Å². The number of nitrogens with two attached hydrogens (primary N) is 1. The minimum Gasteiger partial charge on any atom is -0.323 e. The molecule has 96 valence electrons. The molecule has 0 unspecified atom stereocenters. The number of pyridine rings is 1. The predicted octanol–water partition coefficient (Wildman–Crippen LogP) is 3.50. The Bertz CT molecular complexity index is 610. The molecule has 2 aromatic rings. The Labute approximate surface area is 106 Å². The summed E-state index contributed by atoms with van der Waals surface area (Å²) in [6.07, 6.45) is -4.55. The molecule has 18 heavy (non-hydrogen) atoms. The van der Waals surface area contributed by atoms with Gasteiger partial charge in [0.25, 0.3) is 0 Å². The SMILES string of the molecule is Cc1c(C(F)(F)F)nc2c(Cl)cccc2c1NN. The van der Waals surface area contributed by atoms with Crippen molar-refractivity contribution in [2.75, 3.05) is 5.43 Å². The average molecular weight is 276 g/mol. The zero-order chi connectivity index (χ0) is 13.5. The number of hydrogen-bond donors (Lipinski definition) is 2. The highest BCUT2D eigenvalue weighted by Crippen LogP contribution is 2.38. The van der Waals surface area contributed by atoms with Crippen molar-refractivity contribution >= 4 is 28.2 Å². The van der Waals surface area contributed by atoms with Crippen LogP contribution in [0.25, 0.3) is 10.9 Å². The third-order valence-corrected chi connectivity index (χ3v) is 2.93. The predicted molar refractivity (Wildman–Crippen MR) is 64.3 cm³/mol. The van der Waals surface area contributed by atoms with Crippen molar-refractivity contribution in [2.45, 2.75) is 13.1 Å². The lowest BCUT2D eigenvalue weighted by atomic mass is 10.1. The van der Waals surface area contributed by atoms with E-state index in [-0.39, 0.29) is 21.8 Å². The first kappa shape index (κ1) is 12.9. The lowest BCUT2D eigenvalue weighted by molar-refractivity contribution is -0.141. The summed E-state index contributed by atoms with van der Waals surface area (Å²) in [5, 5.41) is 0.602. The van der Waals surface area contributed by atoms with E-state index < -0.39 is 11.9 Å². The minimum absolute atomic E-state index is 0.0558. The van der Waals surface area contributed by atoms with Gasteiger partial charge >= 0.3 is 6.18 Å². The van der Waals surface area contributed by atoms with Crippen LogP contribution in [0.15, 0.2) is 18.2 Å². The summed E-state index contributed by atoms with van der Waals surface area (Å²) in [5.41, 5.74) is 1.48. The first-order chi connectivity index (χ1) is 8.36. The van der Waals surface area contributed by atoms with Crippen LogP contribution in [0.2, 0.25) is 5.02 Å². The van der Waals surface area contributed by atoms with E-state index in [1.54, 1.807) is 12.1 Å². The van der Waals surface area contributed by atoms with Gasteiger partial charge in [0.15, 0.2) is 0 Å². The summed E-state index contributed by atoms with van der Waals surface area (Å²) >= 11 is 5.86. The van der Waals surface area contributed by atoms with Crippen molar-refractivity contribution in [1.82, 2.24) is 4.98 Å². The van der Waals surface area contributed by atoms with Gasteiger partial charge in [-0.1, -0.05) is 23.7 Å². The number of nitrogen functional groups attached to an aromatic ring is 1. The van der Waals surface area contributed by atoms with E-state index in [4.69, 9.17) is 17.4 Å². The normalized spacial score (nSPS) is 11.9. The molecule has 0 spiro atoms. The zero-order valence-corrected chi connectivity index (χ0v) is 10.0. The summed E-state index contributed by atoms with van der Waals surface area (Å²) in [6.45, 7) is 1.31. The van der Waals surface area contributed by atoms with Crippen LogP contribution in [-0.4, -0.2) is 4.98 Å². The molecular formula is C11H9ClF3N3. The van der Waals surface area contributed by atoms with E-state index in [2.05, 4.69) is 10.4 Å². The van der Waals surface area contributed by atoms with Crippen LogP contribution in [0, 0.1) is 6.92 Å². The number of hydrogen-bond acceptors (Lipinski definition) is 3. The highest BCUT2D eigenvalue weighted by Gasteiger charge is 2.36. The van der Waals surface area contributed by atoms with Crippen molar-refractivity contribution < 1.29 is 13.2 Å². The summed E-state index contributed by atoms with van der Waals surface area (Å²) in [4.78, 5) is 3.60. The van der Waals surface area contributed by atoms with Crippen molar-refractivity contribution in [2.24, 2.45) is 5.84 Å². The van der Waals surface area contributed by atoms with Crippen LogP contribution in [0.4, 0.5) is 18.9 Å². The molecule has 0 bridgehead atoms. The Kier molecular flexibility index (Phi) is 3.08. The molecule has 2 rings (SSSR count). The van der Waals surface area contributed by atoms with Gasteiger partial charge < -0.3 is 5.43 Å². The monoisotopic (exact) mass is 275 g/mol. The molecule has 0 atom stereocenters. The highest BCUT2D eigenvalue weighted by molar-refractivity contribution is 6.35. The molecular weight excluding hydrogens is 267 g/mol. The number of fused-ring (bicyclic) bond motifs is 1. The van der Waals surface area contributed by atoms with Crippen LogP contribution >= 0.6 is 11.6 Å². The minimum atomic E-state index is -4.55. The van der Waals surface area contributed by atoms with E-state index in [0.29, 0.717) is 5.39 Å². The smallest absolute Gasteiger partial charge is 0.323 e. The van der Waals surface area contributed by atoms with Crippen LogP contribution in [0.3, 0.4) is 0 Å². The number of hydrazine groups is 1. The van der Waals surface area contributed by atoms with E-state index in [9.17, 15) is 13.2 Å². The Balaban J connectivity index is 2.92. The zero-order valence-electron chi connectivity index (χ0n) is 9.27.